The van der Waals surface area contributed by atoms with E-state index in [-0.39, 0.29) is 5.97 Å². The molecule has 0 spiro atoms. The Morgan fingerprint density at radius 1 is 1.22 bits per heavy atom. The Morgan fingerprint density at radius 3 is 2.52 bits per heavy atom. The molecule has 2 rings (SSSR count). The number of carbonyl (C=O) groups excluding carboxylic acids is 1. The molecule has 0 unspecified atom stereocenters. The van der Waals surface area contributed by atoms with Crippen molar-refractivity contribution in [2.75, 3.05) is 39.5 Å². The Kier molecular flexibility index (Phi) is 8.47. The van der Waals surface area contributed by atoms with Crippen LogP contribution in [0.3, 0.4) is 0 Å². The molecule has 1 aliphatic heterocycles. The molecule has 27 heavy (non-hydrogen) atoms. The molecule has 2 heterocycles. The minimum atomic E-state index is -1.14. The summed E-state index contributed by atoms with van der Waals surface area (Å²) in [4.78, 5) is 14.7. The van der Waals surface area contributed by atoms with E-state index < -0.39 is 8.07 Å². The van der Waals surface area contributed by atoms with Gasteiger partial charge in [0.25, 0.3) is 0 Å². The highest BCUT2D eigenvalue weighted by Gasteiger charge is 2.25. The van der Waals surface area contributed by atoms with Crippen molar-refractivity contribution >= 4 is 14.0 Å². The summed E-state index contributed by atoms with van der Waals surface area (Å²) >= 11 is 0. The second-order valence-corrected chi connectivity index (χ2v) is 13.7. The number of nitrogens with zero attached hydrogens (tertiary/aromatic N) is 3. The highest BCUT2D eigenvalue weighted by Crippen LogP contribution is 2.20. The number of rotatable bonds is 10. The van der Waals surface area contributed by atoms with Crippen molar-refractivity contribution in [1.82, 2.24) is 14.7 Å². The van der Waals surface area contributed by atoms with Gasteiger partial charge in [-0.15, -0.1) is 0 Å². The molecule has 1 aromatic heterocycles. The molecule has 0 aromatic carbocycles. The summed E-state index contributed by atoms with van der Waals surface area (Å²) in [5.41, 5.74) is 2.45. The molecule has 0 N–H and O–H groups in total. The molecule has 0 radical (unpaired) electrons. The Morgan fingerprint density at radius 2 is 1.93 bits per heavy atom. The van der Waals surface area contributed by atoms with Crippen LogP contribution in [0.4, 0.5) is 0 Å². The molecule has 0 aliphatic carbocycles. The first-order valence-corrected chi connectivity index (χ1v) is 13.7. The third kappa shape index (κ3) is 6.71. The van der Waals surface area contributed by atoms with Crippen molar-refractivity contribution in [3.05, 3.63) is 17.0 Å². The van der Waals surface area contributed by atoms with Gasteiger partial charge in [-0.1, -0.05) is 26.6 Å². The van der Waals surface area contributed by atoms with Crippen LogP contribution in [0, 0.1) is 0 Å². The number of morpholine rings is 1. The summed E-state index contributed by atoms with van der Waals surface area (Å²) in [5.74, 6) is -0.349. The number of carbonyl (C=O) groups is 1. The van der Waals surface area contributed by atoms with E-state index in [1.807, 2.05) is 11.6 Å². The number of aromatic nitrogens is 2. The smallest absolute Gasteiger partial charge is 0.359 e. The van der Waals surface area contributed by atoms with E-state index in [1.165, 1.54) is 0 Å². The van der Waals surface area contributed by atoms with Crippen LogP contribution in [0.25, 0.3) is 0 Å². The molecule has 1 saturated heterocycles. The zero-order valence-electron chi connectivity index (χ0n) is 17.5. The van der Waals surface area contributed by atoms with E-state index in [2.05, 4.69) is 36.6 Å². The maximum atomic E-state index is 12.4. The van der Waals surface area contributed by atoms with E-state index in [1.54, 1.807) is 0 Å². The van der Waals surface area contributed by atoms with Gasteiger partial charge in [-0.3, -0.25) is 4.90 Å². The van der Waals surface area contributed by atoms with Crippen molar-refractivity contribution in [2.24, 2.45) is 0 Å². The number of esters is 1. The predicted molar refractivity (Wildman–Crippen MR) is 108 cm³/mol. The molecule has 0 amide bonds. The van der Waals surface area contributed by atoms with Gasteiger partial charge < -0.3 is 14.2 Å². The quantitative estimate of drug-likeness (QED) is 0.344. The third-order valence-electron chi connectivity index (χ3n) is 4.68. The van der Waals surface area contributed by atoms with Gasteiger partial charge in [0.1, 0.15) is 6.73 Å². The summed E-state index contributed by atoms with van der Waals surface area (Å²) < 4.78 is 18.4. The lowest BCUT2D eigenvalue weighted by molar-refractivity contribution is 0.0299. The fourth-order valence-corrected chi connectivity index (χ4v) is 3.81. The van der Waals surface area contributed by atoms with Crippen molar-refractivity contribution < 1.29 is 19.0 Å². The predicted octanol–water partition coefficient (Wildman–Crippen LogP) is 2.77. The summed E-state index contributed by atoms with van der Waals surface area (Å²) in [5, 5.41) is 4.57. The molecular formula is C19H35N3O4Si. The lowest BCUT2D eigenvalue weighted by Crippen LogP contribution is -2.36. The number of hydrogen-bond donors (Lipinski definition) is 0. The molecule has 8 heteroatoms. The minimum absolute atomic E-state index is 0.348. The second-order valence-electron chi connectivity index (χ2n) is 8.08. The maximum Gasteiger partial charge on any atom is 0.359 e. The van der Waals surface area contributed by atoms with Crippen molar-refractivity contribution in [2.45, 2.75) is 59.2 Å². The van der Waals surface area contributed by atoms with Gasteiger partial charge in [0.05, 0.1) is 25.5 Å². The topological polar surface area (TPSA) is 65.8 Å². The first kappa shape index (κ1) is 22.1. The summed E-state index contributed by atoms with van der Waals surface area (Å²) in [6, 6.07) is 1.11. The molecule has 0 saturated carbocycles. The van der Waals surface area contributed by atoms with E-state index in [9.17, 15) is 4.79 Å². The van der Waals surface area contributed by atoms with Crippen LogP contribution in [0.15, 0.2) is 0 Å². The Balaban J connectivity index is 2.18. The fraction of sp³-hybridized carbons (Fsp3) is 0.789. The molecule has 1 aliphatic rings. The fourth-order valence-electron chi connectivity index (χ4n) is 3.05. The van der Waals surface area contributed by atoms with Gasteiger partial charge in [0.15, 0.2) is 5.69 Å². The Bertz CT molecular complexity index is 607. The third-order valence-corrected chi connectivity index (χ3v) is 6.38. The van der Waals surface area contributed by atoms with Crippen LogP contribution >= 0.6 is 0 Å². The minimum Gasteiger partial charge on any atom is -0.461 e. The molecule has 154 valence electrons. The van der Waals surface area contributed by atoms with Crippen molar-refractivity contribution in [3.63, 3.8) is 0 Å². The standard InChI is InChI=1S/C19H35N3O4Si/c1-6-16-17(14-21-8-10-24-11-9-21)22(15-25-12-13-27(3,4)5)20-18(16)19(23)26-7-2/h6-15H2,1-5H3. The normalized spacial score (nSPS) is 15.9. The van der Waals surface area contributed by atoms with Crippen LogP contribution in [-0.2, 0) is 33.9 Å². The summed E-state index contributed by atoms with van der Waals surface area (Å²) in [6.45, 7) is 16.3. The van der Waals surface area contributed by atoms with Crippen LogP contribution in [0.2, 0.25) is 25.7 Å². The van der Waals surface area contributed by atoms with E-state index in [0.717, 1.165) is 63.2 Å². The first-order valence-electron chi connectivity index (χ1n) is 9.99. The highest BCUT2D eigenvalue weighted by atomic mass is 28.3. The molecule has 0 atom stereocenters. The van der Waals surface area contributed by atoms with Gasteiger partial charge in [0.2, 0.25) is 0 Å². The van der Waals surface area contributed by atoms with E-state index in [4.69, 9.17) is 14.2 Å². The molecule has 7 nitrogen and oxygen atoms in total. The molecular weight excluding hydrogens is 362 g/mol. The molecule has 1 fully saturated rings. The van der Waals surface area contributed by atoms with E-state index >= 15 is 0 Å². The molecule has 0 bridgehead atoms. The van der Waals surface area contributed by atoms with Gasteiger partial charge in [0, 0.05) is 39.9 Å². The SMILES string of the molecule is CCOC(=O)c1nn(COCC[Si](C)(C)C)c(CN2CCOCC2)c1CC. The number of ether oxygens (including phenoxy) is 3. The van der Waals surface area contributed by atoms with Crippen molar-refractivity contribution in [3.8, 4) is 0 Å². The van der Waals surface area contributed by atoms with Gasteiger partial charge in [-0.25, -0.2) is 9.48 Å². The van der Waals surface area contributed by atoms with Crippen molar-refractivity contribution in [1.29, 1.82) is 0 Å². The lowest BCUT2D eigenvalue weighted by Gasteiger charge is -2.27. The summed E-state index contributed by atoms with van der Waals surface area (Å²) in [7, 11) is -1.14. The monoisotopic (exact) mass is 397 g/mol. The number of hydrogen-bond acceptors (Lipinski definition) is 6. The Hall–Kier alpha value is -1.22. The second kappa shape index (κ2) is 10.4. The first-order chi connectivity index (χ1) is 12.9. The Labute approximate surface area is 164 Å². The zero-order valence-corrected chi connectivity index (χ0v) is 18.5. The average Bonchev–Trinajstić information content (AvgIpc) is 2.96. The summed E-state index contributed by atoms with van der Waals surface area (Å²) in [6.07, 6.45) is 0.739. The zero-order chi connectivity index (χ0) is 19.9. The van der Waals surface area contributed by atoms with Crippen LogP contribution in [0.5, 0.6) is 0 Å². The largest absolute Gasteiger partial charge is 0.461 e. The van der Waals surface area contributed by atoms with Crippen LogP contribution < -0.4 is 0 Å². The van der Waals surface area contributed by atoms with Crippen LogP contribution in [0.1, 0.15) is 35.6 Å². The lowest BCUT2D eigenvalue weighted by atomic mass is 10.1. The maximum absolute atomic E-state index is 12.4. The molecule has 1 aromatic rings. The van der Waals surface area contributed by atoms with Gasteiger partial charge in [-0.05, 0) is 19.4 Å². The highest BCUT2D eigenvalue weighted by molar-refractivity contribution is 6.76. The van der Waals surface area contributed by atoms with Crippen LogP contribution in [-0.4, -0.2) is 68.2 Å². The van der Waals surface area contributed by atoms with Gasteiger partial charge >= 0.3 is 5.97 Å². The van der Waals surface area contributed by atoms with Gasteiger partial charge in [-0.2, -0.15) is 5.10 Å². The average molecular weight is 398 g/mol. The van der Waals surface area contributed by atoms with E-state index in [0.29, 0.717) is 19.0 Å².